The van der Waals surface area contributed by atoms with Crippen LogP contribution in [0.4, 0.5) is 0 Å². The van der Waals surface area contributed by atoms with Crippen molar-refractivity contribution in [1.82, 2.24) is 25.2 Å². The van der Waals surface area contributed by atoms with Gasteiger partial charge in [-0.1, -0.05) is 12.1 Å². The molecule has 1 unspecified atom stereocenters. The maximum atomic E-state index is 11.9. The number of carbonyl (C=O) groups excluding carboxylic acids is 1. The summed E-state index contributed by atoms with van der Waals surface area (Å²) in [6.45, 7) is 10.7. The van der Waals surface area contributed by atoms with Gasteiger partial charge >= 0.3 is 0 Å². The van der Waals surface area contributed by atoms with Gasteiger partial charge in [0.05, 0.1) is 5.69 Å². The molecule has 1 aromatic rings. The quantitative estimate of drug-likeness (QED) is 0.598. The lowest BCUT2D eigenvalue weighted by atomic mass is 10.2. The molecule has 1 aliphatic rings. The molecule has 1 fully saturated rings. The predicted octanol–water partition coefficient (Wildman–Crippen LogP) is 0.933. The average molecular weight is 364 g/mol. The van der Waals surface area contributed by atoms with Gasteiger partial charge < -0.3 is 19.6 Å². The molecule has 8 nitrogen and oxygen atoms in total. The Morgan fingerprint density at radius 3 is 2.62 bits per heavy atom. The topological polar surface area (TPSA) is 77.2 Å². The standard InChI is InChI=1S/C18H32N6O2/c1-6-14(2)20-18(19-12-17(25)22(4)5)24-9-7-23(8-10-24)13-16-11-15(3)26-21-16/h11,14H,6-10,12-13H2,1-5H3,(H,19,20). The van der Waals surface area contributed by atoms with Crippen molar-refractivity contribution in [1.29, 1.82) is 0 Å². The molecular weight excluding hydrogens is 332 g/mol. The van der Waals surface area contributed by atoms with E-state index in [0.29, 0.717) is 6.04 Å². The first-order valence-corrected chi connectivity index (χ1v) is 9.29. The first-order valence-electron chi connectivity index (χ1n) is 9.29. The van der Waals surface area contributed by atoms with Crippen LogP contribution < -0.4 is 5.32 Å². The number of aryl methyl sites for hydroxylation is 1. The normalized spacial score (nSPS) is 17.3. The first kappa shape index (κ1) is 20.2. The maximum absolute atomic E-state index is 11.9. The minimum Gasteiger partial charge on any atom is -0.361 e. The maximum Gasteiger partial charge on any atom is 0.243 e. The number of carbonyl (C=O) groups is 1. The lowest BCUT2D eigenvalue weighted by Crippen LogP contribution is -2.53. The molecular formula is C18H32N6O2. The molecule has 2 heterocycles. The molecule has 0 radical (unpaired) electrons. The van der Waals surface area contributed by atoms with Gasteiger partial charge in [0, 0.05) is 58.9 Å². The van der Waals surface area contributed by atoms with E-state index in [0.717, 1.165) is 56.6 Å². The van der Waals surface area contributed by atoms with Crippen molar-refractivity contribution in [2.24, 2.45) is 4.99 Å². The number of rotatable bonds is 6. The molecule has 0 spiro atoms. The number of aliphatic imine (C=N–C) groups is 1. The first-order chi connectivity index (χ1) is 12.4. The number of likely N-dealkylation sites (N-methyl/N-ethyl adjacent to an activating group) is 1. The molecule has 1 aliphatic heterocycles. The molecule has 1 N–H and O–H groups in total. The van der Waals surface area contributed by atoms with E-state index in [1.807, 2.05) is 13.0 Å². The van der Waals surface area contributed by atoms with Crippen LogP contribution in [-0.4, -0.2) is 84.6 Å². The third-order valence-corrected chi connectivity index (χ3v) is 4.58. The van der Waals surface area contributed by atoms with Gasteiger partial charge in [-0.15, -0.1) is 0 Å². The van der Waals surface area contributed by atoms with Gasteiger partial charge in [-0.2, -0.15) is 0 Å². The zero-order valence-corrected chi connectivity index (χ0v) is 16.7. The van der Waals surface area contributed by atoms with Gasteiger partial charge in [0.2, 0.25) is 5.91 Å². The van der Waals surface area contributed by atoms with Crippen molar-refractivity contribution in [2.45, 2.75) is 39.8 Å². The molecule has 1 amide bonds. The molecule has 0 aromatic carbocycles. The third-order valence-electron chi connectivity index (χ3n) is 4.58. The van der Waals surface area contributed by atoms with Gasteiger partial charge in [0.25, 0.3) is 0 Å². The Morgan fingerprint density at radius 2 is 2.08 bits per heavy atom. The highest BCUT2D eigenvalue weighted by atomic mass is 16.5. The van der Waals surface area contributed by atoms with Gasteiger partial charge in [-0.25, -0.2) is 4.99 Å². The van der Waals surface area contributed by atoms with Crippen LogP contribution in [0.25, 0.3) is 0 Å². The highest BCUT2D eigenvalue weighted by Gasteiger charge is 2.21. The zero-order valence-electron chi connectivity index (χ0n) is 16.7. The van der Waals surface area contributed by atoms with Gasteiger partial charge in [-0.05, 0) is 20.3 Å². The molecule has 1 aromatic heterocycles. The summed E-state index contributed by atoms with van der Waals surface area (Å²) in [5, 5.41) is 7.53. The van der Waals surface area contributed by atoms with Gasteiger partial charge in [-0.3, -0.25) is 9.69 Å². The summed E-state index contributed by atoms with van der Waals surface area (Å²) in [7, 11) is 3.51. The number of amides is 1. The van der Waals surface area contributed by atoms with Crippen LogP contribution in [0, 0.1) is 6.92 Å². The summed E-state index contributed by atoms with van der Waals surface area (Å²) < 4.78 is 5.14. The summed E-state index contributed by atoms with van der Waals surface area (Å²) in [5.41, 5.74) is 0.971. The van der Waals surface area contributed by atoms with Crippen LogP contribution in [0.1, 0.15) is 31.7 Å². The smallest absolute Gasteiger partial charge is 0.243 e. The van der Waals surface area contributed by atoms with Gasteiger partial charge in [0.15, 0.2) is 5.96 Å². The Balaban J connectivity index is 1.93. The molecule has 0 aliphatic carbocycles. The molecule has 1 saturated heterocycles. The number of piperazine rings is 1. The van der Waals surface area contributed by atoms with Crippen molar-refractivity contribution >= 4 is 11.9 Å². The molecule has 146 valence electrons. The lowest BCUT2D eigenvalue weighted by Gasteiger charge is -2.37. The molecule has 0 bridgehead atoms. The Hall–Kier alpha value is -2.09. The fraction of sp³-hybridized carbons (Fsp3) is 0.722. The largest absolute Gasteiger partial charge is 0.361 e. The summed E-state index contributed by atoms with van der Waals surface area (Å²) in [6, 6.07) is 2.30. The van der Waals surface area contributed by atoms with Crippen LogP contribution in [0.3, 0.4) is 0 Å². The minimum absolute atomic E-state index is 0.00786. The van der Waals surface area contributed by atoms with E-state index < -0.39 is 0 Å². The molecule has 1 atom stereocenters. The number of guanidine groups is 1. The minimum atomic E-state index is 0.00786. The average Bonchev–Trinajstić information content (AvgIpc) is 3.03. The second-order valence-corrected chi connectivity index (χ2v) is 7.07. The summed E-state index contributed by atoms with van der Waals surface area (Å²) in [6.07, 6.45) is 1.01. The van der Waals surface area contributed by atoms with E-state index in [-0.39, 0.29) is 12.5 Å². The number of hydrogen-bond acceptors (Lipinski definition) is 5. The highest BCUT2D eigenvalue weighted by Crippen LogP contribution is 2.09. The van der Waals surface area contributed by atoms with Crippen LogP contribution in [0.15, 0.2) is 15.6 Å². The number of nitrogens with one attached hydrogen (secondary N) is 1. The number of aromatic nitrogens is 1. The van der Waals surface area contributed by atoms with E-state index >= 15 is 0 Å². The Kier molecular flexibility index (Phi) is 7.44. The molecule has 2 rings (SSSR count). The summed E-state index contributed by atoms with van der Waals surface area (Å²) in [5.74, 6) is 1.68. The van der Waals surface area contributed by atoms with E-state index in [9.17, 15) is 4.79 Å². The van der Waals surface area contributed by atoms with E-state index in [2.05, 4.69) is 39.1 Å². The Bertz CT molecular complexity index is 605. The van der Waals surface area contributed by atoms with E-state index in [1.165, 1.54) is 0 Å². The lowest BCUT2D eigenvalue weighted by molar-refractivity contribution is -0.127. The van der Waals surface area contributed by atoms with Crippen molar-refractivity contribution in [3.8, 4) is 0 Å². The Morgan fingerprint density at radius 1 is 1.38 bits per heavy atom. The van der Waals surface area contributed by atoms with Crippen LogP contribution >= 0.6 is 0 Å². The summed E-state index contributed by atoms with van der Waals surface area (Å²) >= 11 is 0. The predicted molar refractivity (Wildman–Crippen MR) is 102 cm³/mol. The number of nitrogens with zero attached hydrogens (tertiary/aromatic N) is 5. The van der Waals surface area contributed by atoms with Gasteiger partial charge in [0.1, 0.15) is 12.3 Å². The summed E-state index contributed by atoms with van der Waals surface area (Å²) in [4.78, 5) is 22.6. The molecule has 8 heteroatoms. The van der Waals surface area contributed by atoms with Crippen LogP contribution in [0.2, 0.25) is 0 Å². The van der Waals surface area contributed by atoms with E-state index in [4.69, 9.17) is 4.52 Å². The van der Waals surface area contributed by atoms with Crippen molar-refractivity contribution in [2.75, 3.05) is 46.8 Å². The molecule has 26 heavy (non-hydrogen) atoms. The van der Waals surface area contributed by atoms with E-state index in [1.54, 1.807) is 19.0 Å². The fourth-order valence-electron chi connectivity index (χ4n) is 2.68. The number of hydrogen-bond donors (Lipinski definition) is 1. The second kappa shape index (κ2) is 9.56. The fourth-order valence-corrected chi connectivity index (χ4v) is 2.68. The highest BCUT2D eigenvalue weighted by molar-refractivity contribution is 5.85. The molecule has 0 saturated carbocycles. The zero-order chi connectivity index (χ0) is 19.1. The third kappa shape index (κ3) is 6.01. The Labute approximate surface area is 156 Å². The van der Waals surface area contributed by atoms with Crippen LogP contribution in [0.5, 0.6) is 0 Å². The second-order valence-electron chi connectivity index (χ2n) is 7.07. The van der Waals surface area contributed by atoms with Crippen LogP contribution in [-0.2, 0) is 11.3 Å². The van der Waals surface area contributed by atoms with Crippen molar-refractivity contribution < 1.29 is 9.32 Å². The SMILES string of the molecule is CCC(C)NC(=NCC(=O)N(C)C)N1CCN(Cc2cc(C)on2)CC1. The monoisotopic (exact) mass is 364 g/mol. The van der Waals surface area contributed by atoms with Crippen molar-refractivity contribution in [3.63, 3.8) is 0 Å². The van der Waals surface area contributed by atoms with Crippen molar-refractivity contribution in [3.05, 3.63) is 17.5 Å².